The lowest BCUT2D eigenvalue weighted by Crippen LogP contribution is -2.58. The molecule has 190 valence electrons. The van der Waals surface area contributed by atoms with Crippen LogP contribution in [0.25, 0.3) is 0 Å². The Balaban J connectivity index is 5.54. The summed E-state index contributed by atoms with van der Waals surface area (Å²) in [5.74, 6) is -3.69. The summed E-state index contributed by atoms with van der Waals surface area (Å²) < 4.78 is 0. The maximum Gasteiger partial charge on any atom is 0.326 e. The number of aliphatic hydroxyl groups is 1. The van der Waals surface area contributed by atoms with Gasteiger partial charge in [-0.2, -0.15) is 11.8 Å². The summed E-state index contributed by atoms with van der Waals surface area (Å²) in [5, 5.41) is 26.2. The number of primary amides is 1. The van der Waals surface area contributed by atoms with Gasteiger partial charge in [-0.3, -0.25) is 19.2 Å². The number of hydrogen-bond acceptors (Lipinski definition) is 8. The molecule has 12 nitrogen and oxygen atoms in total. The van der Waals surface area contributed by atoms with Crippen molar-refractivity contribution in [1.82, 2.24) is 16.0 Å². The maximum atomic E-state index is 12.9. The topological polar surface area (TPSA) is 214 Å². The van der Waals surface area contributed by atoms with Crippen molar-refractivity contribution in [3.8, 4) is 0 Å². The summed E-state index contributed by atoms with van der Waals surface area (Å²) in [5.41, 5.74) is 10.8. The van der Waals surface area contributed by atoms with Crippen molar-refractivity contribution >= 4 is 41.4 Å². The molecule has 0 spiro atoms. The molecule has 0 heterocycles. The van der Waals surface area contributed by atoms with Crippen LogP contribution in [0.3, 0.4) is 0 Å². The van der Waals surface area contributed by atoms with Gasteiger partial charge >= 0.3 is 5.97 Å². The highest BCUT2D eigenvalue weighted by molar-refractivity contribution is 7.98. The van der Waals surface area contributed by atoms with E-state index in [9.17, 15) is 34.2 Å². The van der Waals surface area contributed by atoms with Crippen LogP contribution in [0.5, 0.6) is 0 Å². The SMILES string of the molecule is CSCCC(NC(=O)C(N)C(C)O)C(=O)NC(CCC(N)=O)C(=O)NC(CC(C)C)C(=O)O. The molecule has 0 saturated carbocycles. The quantitative estimate of drug-likeness (QED) is 0.131. The summed E-state index contributed by atoms with van der Waals surface area (Å²) >= 11 is 1.43. The third-order valence-electron chi connectivity index (χ3n) is 4.70. The molecule has 0 saturated heterocycles. The number of nitrogens with one attached hydrogen (secondary N) is 3. The lowest BCUT2D eigenvalue weighted by atomic mass is 10.0. The van der Waals surface area contributed by atoms with Crippen LogP contribution in [0, 0.1) is 5.92 Å². The minimum Gasteiger partial charge on any atom is -0.480 e. The van der Waals surface area contributed by atoms with Gasteiger partial charge in [0.15, 0.2) is 0 Å². The zero-order valence-electron chi connectivity index (χ0n) is 19.5. The number of carboxylic acids is 1. The molecule has 0 radical (unpaired) electrons. The van der Waals surface area contributed by atoms with Crippen LogP contribution in [0.2, 0.25) is 0 Å². The van der Waals surface area contributed by atoms with E-state index in [0.717, 1.165) is 0 Å². The summed E-state index contributed by atoms with van der Waals surface area (Å²) in [6.07, 6.45) is 0.660. The first-order valence-corrected chi connectivity index (χ1v) is 12.0. The second-order valence-corrected chi connectivity index (χ2v) is 9.19. The van der Waals surface area contributed by atoms with Gasteiger partial charge in [-0.15, -0.1) is 0 Å². The second-order valence-electron chi connectivity index (χ2n) is 8.20. The van der Waals surface area contributed by atoms with Gasteiger partial charge in [-0.1, -0.05) is 13.8 Å². The van der Waals surface area contributed by atoms with E-state index in [1.807, 2.05) is 6.26 Å². The van der Waals surface area contributed by atoms with Crippen molar-refractivity contribution in [3.63, 3.8) is 0 Å². The largest absolute Gasteiger partial charge is 0.480 e. The van der Waals surface area contributed by atoms with E-state index in [0.29, 0.717) is 5.75 Å². The molecule has 5 atom stereocenters. The Labute approximate surface area is 198 Å². The highest BCUT2D eigenvalue weighted by atomic mass is 32.2. The Hall–Kier alpha value is -2.38. The van der Waals surface area contributed by atoms with E-state index in [4.69, 9.17) is 11.5 Å². The molecule has 0 aliphatic heterocycles. The van der Waals surface area contributed by atoms with Gasteiger partial charge in [0, 0.05) is 6.42 Å². The molecule has 0 aromatic rings. The average Bonchev–Trinajstić information content (AvgIpc) is 2.71. The van der Waals surface area contributed by atoms with Crippen molar-refractivity contribution in [2.45, 2.75) is 76.7 Å². The molecule has 0 aromatic heterocycles. The lowest BCUT2D eigenvalue weighted by Gasteiger charge is -2.25. The molecule has 0 aliphatic rings. The molecule has 4 amide bonds. The number of amides is 4. The van der Waals surface area contributed by atoms with Gasteiger partial charge in [-0.05, 0) is 44.1 Å². The van der Waals surface area contributed by atoms with E-state index in [2.05, 4.69) is 16.0 Å². The van der Waals surface area contributed by atoms with Crippen LogP contribution in [-0.2, 0) is 24.0 Å². The first-order valence-electron chi connectivity index (χ1n) is 10.6. The number of aliphatic carboxylic acids is 1. The van der Waals surface area contributed by atoms with Gasteiger partial charge in [-0.25, -0.2) is 4.79 Å². The summed E-state index contributed by atoms with van der Waals surface area (Å²) in [4.78, 5) is 60.6. The van der Waals surface area contributed by atoms with E-state index in [1.54, 1.807) is 13.8 Å². The monoisotopic (exact) mass is 491 g/mol. The van der Waals surface area contributed by atoms with Crippen molar-refractivity contribution in [2.24, 2.45) is 17.4 Å². The molecule has 13 heteroatoms. The second kappa shape index (κ2) is 15.5. The minimum absolute atomic E-state index is 0.0191. The number of rotatable bonds is 16. The Kier molecular flexibility index (Phi) is 14.3. The standard InChI is InChI=1S/C20H37N5O7S/c1-10(2)9-14(20(31)32)25-17(28)12(5-6-15(21)27)23-18(29)13(7-8-33-4)24-19(30)16(22)11(3)26/h10-14,16,26H,5-9,22H2,1-4H3,(H2,21,27)(H,23,29)(H,24,30)(H,25,28)(H,31,32). The third-order valence-corrected chi connectivity index (χ3v) is 5.34. The summed E-state index contributed by atoms with van der Waals surface area (Å²) in [6, 6.07) is -4.75. The molecule has 0 aromatic carbocycles. The fourth-order valence-electron chi connectivity index (χ4n) is 2.78. The Morgan fingerprint density at radius 3 is 1.79 bits per heavy atom. The number of carbonyl (C=O) groups excluding carboxylic acids is 4. The predicted octanol–water partition coefficient (Wildman–Crippen LogP) is -1.70. The first kappa shape index (κ1) is 30.6. The van der Waals surface area contributed by atoms with Gasteiger partial charge in [0.05, 0.1) is 6.10 Å². The zero-order chi connectivity index (χ0) is 25.7. The van der Waals surface area contributed by atoms with E-state index in [1.165, 1.54) is 18.7 Å². The molecular weight excluding hydrogens is 454 g/mol. The van der Waals surface area contributed by atoms with Gasteiger partial charge in [0.1, 0.15) is 24.2 Å². The fraction of sp³-hybridized carbons (Fsp3) is 0.750. The van der Waals surface area contributed by atoms with Crippen LogP contribution in [-0.4, -0.2) is 82.1 Å². The maximum absolute atomic E-state index is 12.9. The van der Waals surface area contributed by atoms with Gasteiger partial charge in [0.2, 0.25) is 23.6 Å². The molecule has 0 rings (SSSR count). The van der Waals surface area contributed by atoms with Crippen LogP contribution < -0.4 is 27.4 Å². The van der Waals surface area contributed by atoms with Crippen molar-refractivity contribution in [3.05, 3.63) is 0 Å². The highest BCUT2D eigenvalue weighted by Gasteiger charge is 2.31. The molecule has 0 aliphatic carbocycles. The lowest BCUT2D eigenvalue weighted by molar-refractivity contribution is -0.143. The molecular formula is C20H37N5O7S. The molecule has 0 fully saturated rings. The van der Waals surface area contributed by atoms with E-state index in [-0.39, 0.29) is 31.6 Å². The van der Waals surface area contributed by atoms with Gasteiger partial charge < -0.3 is 37.6 Å². The van der Waals surface area contributed by atoms with E-state index >= 15 is 0 Å². The summed E-state index contributed by atoms with van der Waals surface area (Å²) in [6.45, 7) is 4.93. The van der Waals surface area contributed by atoms with Crippen molar-refractivity contribution in [2.75, 3.05) is 12.0 Å². The number of aliphatic hydroxyl groups excluding tert-OH is 1. The van der Waals surface area contributed by atoms with Gasteiger partial charge in [0.25, 0.3) is 0 Å². The first-order chi connectivity index (χ1) is 15.3. The van der Waals surface area contributed by atoms with Crippen molar-refractivity contribution in [1.29, 1.82) is 0 Å². The molecule has 5 unspecified atom stereocenters. The normalized spacial score (nSPS) is 15.6. The zero-order valence-corrected chi connectivity index (χ0v) is 20.3. The van der Waals surface area contributed by atoms with E-state index < -0.39 is 59.9 Å². The number of nitrogens with two attached hydrogens (primary N) is 2. The molecule has 9 N–H and O–H groups in total. The molecule has 0 bridgehead atoms. The summed E-state index contributed by atoms with van der Waals surface area (Å²) in [7, 11) is 0. The highest BCUT2D eigenvalue weighted by Crippen LogP contribution is 2.08. The van der Waals surface area contributed by atoms with Crippen LogP contribution >= 0.6 is 11.8 Å². The minimum atomic E-state index is -1.25. The number of carboxylic acid groups (broad SMARTS) is 1. The average molecular weight is 492 g/mol. The smallest absolute Gasteiger partial charge is 0.326 e. The third kappa shape index (κ3) is 12.4. The Morgan fingerprint density at radius 1 is 0.879 bits per heavy atom. The predicted molar refractivity (Wildman–Crippen MR) is 124 cm³/mol. The molecule has 33 heavy (non-hydrogen) atoms. The van der Waals surface area contributed by atoms with Crippen molar-refractivity contribution < 1.29 is 34.2 Å². The van der Waals surface area contributed by atoms with Crippen LogP contribution in [0.1, 0.15) is 46.5 Å². The van der Waals surface area contributed by atoms with Crippen LogP contribution in [0.15, 0.2) is 0 Å². The van der Waals surface area contributed by atoms with Crippen LogP contribution in [0.4, 0.5) is 0 Å². The Morgan fingerprint density at radius 2 is 1.36 bits per heavy atom. The number of carbonyl (C=O) groups is 5. The number of thioether (sulfide) groups is 1. The number of hydrogen-bond donors (Lipinski definition) is 7. The fourth-order valence-corrected chi connectivity index (χ4v) is 3.26. The Bertz CT molecular complexity index is 690.